The molecule has 1 aliphatic heterocycles. The van der Waals surface area contributed by atoms with Crippen LogP contribution in [-0.2, 0) is 6.42 Å². The lowest BCUT2D eigenvalue weighted by atomic mass is 9.93. The maximum Gasteiger partial charge on any atom is 0.00963 e. The van der Waals surface area contributed by atoms with Crippen molar-refractivity contribution in [3.8, 4) is 0 Å². The van der Waals surface area contributed by atoms with Crippen LogP contribution in [0.15, 0.2) is 24.3 Å². The molecule has 0 saturated carbocycles. The lowest BCUT2D eigenvalue weighted by Gasteiger charge is -2.19. The third-order valence-corrected chi connectivity index (χ3v) is 3.46. The van der Waals surface area contributed by atoms with Crippen molar-refractivity contribution < 1.29 is 0 Å². The van der Waals surface area contributed by atoms with Crippen molar-refractivity contribution in [2.75, 3.05) is 6.54 Å². The molecule has 0 aliphatic carbocycles. The molecule has 1 heteroatoms. The van der Waals surface area contributed by atoms with Gasteiger partial charge < -0.3 is 5.32 Å². The fourth-order valence-corrected chi connectivity index (χ4v) is 2.44. The number of aryl methyl sites for hydroxylation is 1. The molecule has 2 rings (SSSR count). The van der Waals surface area contributed by atoms with Crippen LogP contribution in [0.5, 0.6) is 0 Å². The maximum atomic E-state index is 3.59. The van der Waals surface area contributed by atoms with E-state index in [-0.39, 0.29) is 0 Å². The number of hydrogen-bond acceptors (Lipinski definition) is 1. The van der Waals surface area contributed by atoms with E-state index in [1.807, 2.05) is 0 Å². The van der Waals surface area contributed by atoms with Gasteiger partial charge in [0.05, 0.1) is 0 Å². The minimum Gasteiger partial charge on any atom is -0.314 e. The van der Waals surface area contributed by atoms with E-state index < -0.39 is 0 Å². The molecular weight excluding hydrogens is 182 g/mol. The molecule has 0 radical (unpaired) electrons. The van der Waals surface area contributed by atoms with Gasteiger partial charge in [-0.15, -0.1) is 0 Å². The van der Waals surface area contributed by atoms with Crippen LogP contribution in [-0.4, -0.2) is 12.6 Å². The van der Waals surface area contributed by atoms with E-state index in [0.29, 0.717) is 0 Å². The third kappa shape index (κ3) is 2.82. The fraction of sp³-hybridized carbons (Fsp3) is 0.571. The third-order valence-electron chi connectivity index (χ3n) is 3.46. The molecule has 1 nitrogen and oxygen atoms in total. The summed E-state index contributed by atoms with van der Waals surface area (Å²) in [7, 11) is 0. The molecule has 1 aliphatic rings. The number of nitrogens with one attached hydrogen (secondary N) is 1. The average molecular weight is 203 g/mol. The van der Waals surface area contributed by atoms with E-state index in [9.17, 15) is 0 Å². The fourth-order valence-electron chi connectivity index (χ4n) is 2.44. The van der Waals surface area contributed by atoms with Crippen LogP contribution < -0.4 is 5.32 Å². The number of rotatable bonds is 3. The highest BCUT2D eigenvalue weighted by molar-refractivity contribution is 5.21. The first-order valence-corrected chi connectivity index (χ1v) is 6.04. The standard InChI is InChI=1S/C14H21N/c1-11-5-7-13(8-6-11)10-12(2)14-4-3-9-15-14/h5-8,12,14-15H,3-4,9-10H2,1-2H3/t12-,14-/m0/s1. The molecule has 0 spiro atoms. The Kier molecular flexibility index (Phi) is 3.42. The summed E-state index contributed by atoms with van der Waals surface area (Å²) in [6.07, 6.45) is 3.91. The van der Waals surface area contributed by atoms with E-state index in [1.165, 1.54) is 36.9 Å². The molecule has 1 aromatic rings. The van der Waals surface area contributed by atoms with Gasteiger partial charge in [-0.05, 0) is 44.2 Å². The smallest absolute Gasteiger partial charge is 0.00963 e. The molecule has 1 aromatic carbocycles. The molecule has 0 amide bonds. The van der Waals surface area contributed by atoms with Crippen molar-refractivity contribution in [2.24, 2.45) is 5.92 Å². The van der Waals surface area contributed by atoms with Crippen LogP contribution in [0.2, 0.25) is 0 Å². The highest BCUT2D eigenvalue weighted by Gasteiger charge is 2.20. The molecule has 82 valence electrons. The average Bonchev–Trinajstić information content (AvgIpc) is 2.74. The molecule has 1 fully saturated rings. The summed E-state index contributed by atoms with van der Waals surface area (Å²) < 4.78 is 0. The maximum absolute atomic E-state index is 3.59. The van der Waals surface area contributed by atoms with Gasteiger partial charge in [0, 0.05) is 6.04 Å². The zero-order valence-corrected chi connectivity index (χ0v) is 9.79. The zero-order chi connectivity index (χ0) is 10.7. The van der Waals surface area contributed by atoms with E-state index in [2.05, 4.69) is 43.4 Å². The molecule has 15 heavy (non-hydrogen) atoms. The molecular formula is C14H21N. The van der Waals surface area contributed by atoms with Crippen molar-refractivity contribution in [1.82, 2.24) is 5.32 Å². The highest BCUT2D eigenvalue weighted by atomic mass is 14.9. The Morgan fingerprint density at radius 2 is 2.07 bits per heavy atom. The van der Waals surface area contributed by atoms with Crippen LogP contribution in [0.3, 0.4) is 0 Å². The van der Waals surface area contributed by atoms with Gasteiger partial charge in [-0.3, -0.25) is 0 Å². The first kappa shape index (κ1) is 10.7. The topological polar surface area (TPSA) is 12.0 Å². The molecule has 2 atom stereocenters. The van der Waals surface area contributed by atoms with Gasteiger partial charge in [-0.2, -0.15) is 0 Å². The van der Waals surface area contributed by atoms with Crippen molar-refractivity contribution in [3.63, 3.8) is 0 Å². The Balaban J connectivity index is 1.92. The van der Waals surface area contributed by atoms with Crippen LogP contribution in [0.4, 0.5) is 0 Å². The summed E-state index contributed by atoms with van der Waals surface area (Å²) in [5.41, 5.74) is 2.83. The van der Waals surface area contributed by atoms with Crippen LogP contribution in [0, 0.1) is 12.8 Å². The highest BCUT2D eigenvalue weighted by Crippen LogP contribution is 2.19. The summed E-state index contributed by atoms with van der Waals surface area (Å²) in [4.78, 5) is 0. The summed E-state index contributed by atoms with van der Waals surface area (Å²) >= 11 is 0. The van der Waals surface area contributed by atoms with Gasteiger partial charge in [0.15, 0.2) is 0 Å². The summed E-state index contributed by atoms with van der Waals surface area (Å²) in [6.45, 7) is 5.72. The number of hydrogen-bond donors (Lipinski definition) is 1. The summed E-state index contributed by atoms with van der Waals surface area (Å²) in [5, 5.41) is 3.59. The lowest BCUT2D eigenvalue weighted by Crippen LogP contribution is -2.29. The Morgan fingerprint density at radius 1 is 1.33 bits per heavy atom. The van der Waals surface area contributed by atoms with Gasteiger partial charge in [-0.25, -0.2) is 0 Å². The zero-order valence-electron chi connectivity index (χ0n) is 9.79. The van der Waals surface area contributed by atoms with E-state index in [1.54, 1.807) is 0 Å². The second-order valence-electron chi connectivity index (χ2n) is 4.87. The summed E-state index contributed by atoms with van der Waals surface area (Å²) in [5.74, 6) is 0.759. The van der Waals surface area contributed by atoms with Gasteiger partial charge in [0.2, 0.25) is 0 Å². The van der Waals surface area contributed by atoms with Crippen molar-refractivity contribution >= 4 is 0 Å². The Hall–Kier alpha value is -0.820. The lowest BCUT2D eigenvalue weighted by molar-refractivity contribution is 0.417. The van der Waals surface area contributed by atoms with Gasteiger partial charge >= 0.3 is 0 Å². The van der Waals surface area contributed by atoms with Crippen LogP contribution >= 0.6 is 0 Å². The second kappa shape index (κ2) is 4.80. The van der Waals surface area contributed by atoms with Crippen molar-refractivity contribution in [2.45, 2.75) is 39.2 Å². The van der Waals surface area contributed by atoms with Crippen LogP contribution in [0.25, 0.3) is 0 Å². The predicted molar refractivity (Wildman–Crippen MR) is 65.1 cm³/mol. The molecule has 0 unspecified atom stereocenters. The molecule has 0 bridgehead atoms. The Bertz CT molecular complexity index is 296. The minimum atomic E-state index is 0.742. The SMILES string of the molecule is Cc1ccc(C[C@H](C)[C@@H]2CCCN2)cc1. The number of benzene rings is 1. The molecule has 1 N–H and O–H groups in total. The Morgan fingerprint density at radius 3 is 2.67 bits per heavy atom. The predicted octanol–water partition coefficient (Wildman–Crippen LogP) is 2.93. The monoisotopic (exact) mass is 203 g/mol. The van der Waals surface area contributed by atoms with Crippen molar-refractivity contribution in [3.05, 3.63) is 35.4 Å². The van der Waals surface area contributed by atoms with Crippen molar-refractivity contribution in [1.29, 1.82) is 0 Å². The molecule has 0 aromatic heterocycles. The normalized spacial score (nSPS) is 22.9. The van der Waals surface area contributed by atoms with Gasteiger partial charge in [-0.1, -0.05) is 36.8 Å². The largest absolute Gasteiger partial charge is 0.314 e. The molecule has 1 heterocycles. The Labute approximate surface area is 92.9 Å². The van der Waals surface area contributed by atoms with E-state index in [4.69, 9.17) is 0 Å². The summed E-state index contributed by atoms with van der Waals surface area (Å²) in [6, 6.07) is 9.70. The van der Waals surface area contributed by atoms with Gasteiger partial charge in [0.1, 0.15) is 0 Å². The quantitative estimate of drug-likeness (QED) is 0.796. The minimum absolute atomic E-state index is 0.742. The van der Waals surface area contributed by atoms with Crippen LogP contribution in [0.1, 0.15) is 30.9 Å². The first-order valence-electron chi connectivity index (χ1n) is 6.04. The second-order valence-corrected chi connectivity index (χ2v) is 4.87. The molecule has 1 saturated heterocycles. The first-order chi connectivity index (χ1) is 7.25. The van der Waals surface area contributed by atoms with E-state index >= 15 is 0 Å². The van der Waals surface area contributed by atoms with E-state index in [0.717, 1.165) is 12.0 Å². The van der Waals surface area contributed by atoms with Gasteiger partial charge in [0.25, 0.3) is 0 Å².